The zero-order chi connectivity index (χ0) is 16.5. The summed E-state index contributed by atoms with van der Waals surface area (Å²) in [6.45, 7) is 4.98. The van der Waals surface area contributed by atoms with Crippen molar-refractivity contribution in [2.75, 3.05) is 6.61 Å². The molecular formula is C19H25FN2O. The number of rotatable bonds is 9. The zero-order valence-corrected chi connectivity index (χ0v) is 14.0. The minimum absolute atomic E-state index is 0.414. The molecule has 1 heterocycles. The minimum Gasteiger partial charge on any atom is -0.494 e. The van der Waals surface area contributed by atoms with E-state index in [-0.39, 0.29) is 0 Å². The molecule has 3 nitrogen and oxygen atoms in total. The minimum atomic E-state index is -0.414. The molecule has 0 spiro atoms. The summed E-state index contributed by atoms with van der Waals surface area (Å²) >= 11 is 0. The van der Waals surface area contributed by atoms with Crippen LogP contribution in [0.3, 0.4) is 0 Å². The van der Waals surface area contributed by atoms with Crippen LogP contribution in [0.1, 0.15) is 51.5 Å². The summed E-state index contributed by atoms with van der Waals surface area (Å²) in [5.41, 5.74) is 1.39. The lowest BCUT2D eigenvalue weighted by molar-refractivity contribution is 0.306. The lowest BCUT2D eigenvalue weighted by atomic mass is 10.1. The quantitative estimate of drug-likeness (QED) is 0.471. The van der Waals surface area contributed by atoms with E-state index in [1.165, 1.54) is 12.8 Å². The number of hydrogen-bond donors (Lipinski definition) is 0. The van der Waals surface area contributed by atoms with Crippen LogP contribution in [0.4, 0.5) is 4.39 Å². The molecule has 0 radical (unpaired) electrons. The van der Waals surface area contributed by atoms with Gasteiger partial charge in [0.05, 0.1) is 6.61 Å². The van der Waals surface area contributed by atoms with Gasteiger partial charge in [-0.2, -0.15) is 9.37 Å². The van der Waals surface area contributed by atoms with Gasteiger partial charge in [0.2, 0.25) is 5.95 Å². The molecule has 124 valence electrons. The molecule has 0 aliphatic rings. The van der Waals surface area contributed by atoms with Gasteiger partial charge in [-0.25, -0.2) is 4.98 Å². The first-order valence-electron chi connectivity index (χ1n) is 8.49. The molecule has 0 bridgehead atoms. The zero-order valence-electron chi connectivity index (χ0n) is 14.0. The van der Waals surface area contributed by atoms with E-state index >= 15 is 0 Å². The Labute approximate surface area is 137 Å². The van der Waals surface area contributed by atoms with Crippen LogP contribution in [0.15, 0.2) is 30.5 Å². The van der Waals surface area contributed by atoms with Gasteiger partial charge in [0.15, 0.2) is 5.82 Å². The van der Waals surface area contributed by atoms with E-state index in [1.807, 2.05) is 24.3 Å². The number of ether oxygens (including phenoxy) is 1. The summed E-state index contributed by atoms with van der Waals surface area (Å²) in [5.74, 6) is 0.827. The van der Waals surface area contributed by atoms with E-state index in [4.69, 9.17) is 4.74 Å². The molecular weight excluding hydrogens is 291 g/mol. The van der Waals surface area contributed by atoms with E-state index in [0.29, 0.717) is 17.8 Å². The number of nitrogens with zero attached hydrogens (tertiary/aromatic N) is 2. The molecule has 0 fully saturated rings. The van der Waals surface area contributed by atoms with E-state index < -0.39 is 5.95 Å². The van der Waals surface area contributed by atoms with Gasteiger partial charge < -0.3 is 4.74 Å². The number of aryl methyl sites for hydroxylation is 1. The van der Waals surface area contributed by atoms with Crippen molar-refractivity contribution in [2.45, 2.75) is 52.4 Å². The molecule has 0 amide bonds. The molecule has 0 aliphatic carbocycles. The highest BCUT2D eigenvalue weighted by molar-refractivity contribution is 5.56. The first-order valence-corrected chi connectivity index (χ1v) is 8.49. The maximum atomic E-state index is 14.0. The lowest BCUT2D eigenvalue weighted by Crippen LogP contribution is -2.00. The molecule has 1 aromatic heterocycles. The van der Waals surface area contributed by atoms with E-state index in [1.54, 1.807) is 6.20 Å². The monoisotopic (exact) mass is 316 g/mol. The Hall–Kier alpha value is -1.97. The van der Waals surface area contributed by atoms with Crippen LogP contribution in [0, 0.1) is 5.95 Å². The summed E-state index contributed by atoms with van der Waals surface area (Å²) in [5, 5.41) is 0. The topological polar surface area (TPSA) is 35.0 Å². The summed E-state index contributed by atoms with van der Waals surface area (Å²) in [6.07, 6.45) is 7.68. The lowest BCUT2D eigenvalue weighted by Gasteiger charge is -2.07. The van der Waals surface area contributed by atoms with Crippen molar-refractivity contribution in [3.05, 3.63) is 42.0 Å². The summed E-state index contributed by atoms with van der Waals surface area (Å²) in [7, 11) is 0. The molecule has 0 atom stereocenters. The van der Waals surface area contributed by atoms with Gasteiger partial charge >= 0.3 is 0 Å². The Morgan fingerprint density at radius 1 is 1.00 bits per heavy atom. The van der Waals surface area contributed by atoms with Crippen LogP contribution in [-0.2, 0) is 6.42 Å². The standard InChI is InChI=1S/C19H25FN2O/c1-3-5-7-13-23-17-11-9-15(10-12-17)19-21-14-16(8-6-4-2)18(20)22-19/h9-12,14H,3-8,13H2,1-2H3. The Kier molecular flexibility index (Phi) is 6.98. The largest absolute Gasteiger partial charge is 0.494 e. The predicted molar refractivity (Wildman–Crippen MR) is 91.1 cm³/mol. The van der Waals surface area contributed by atoms with Crippen molar-refractivity contribution in [3.63, 3.8) is 0 Å². The van der Waals surface area contributed by atoms with Crippen molar-refractivity contribution in [1.82, 2.24) is 9.97 Å². The second-order valence-corrected chi connectivity index (χ2v) is 5.69. The Morgan fingerprint density at radius 3 is 2.39 bits per heavy atom. The molecule has 23 heavy (non-hydrogen) atoms. The molecule has 1 aromatic carbocycles. The predicted octanol–water partition coefficient (Wildman–Crippen LogP) is 5.19. The van der Waals surface area contributed by atoms with Gasteiger partial charge in [0.1, 0.15) is 5.75 Å². The average Bonchev–Trinajstić information content (AvgIpc) is 2.58. The van der Waals surface area contributed by atoms with Crippen molar-refractivity contribution < 1.29 is 9.13 Å². The highest BCUT2D eigenvalue weighted by Gasteiger charge is 2.08. The molecule has 2 rings (SSSR count). The fraction of sp³-hybridized carbons (Fsp3) is 0.474. The van der Waals surface area contributed by atoms with Crippen LogP contribution in [0.5, 0.6) is 5.75 Å². The summed E-state index contributed by atoms with van der Waals surface area (Å²) in [6, 6.07) is 7.51. The van der Waals surface area contributed by atoms with Gasteiger partial charge in [-0.1, -0.05) is 33.1 Å². The maximum absolute atomic E-state index is 14.0. The number of hydrogen-bond acceptors (Lipinski definition) is 3. The Morgan fingerprint density at radius 2 is 1.74 bits per heavy atom. The second kappa shape index (κ2) is 9.23. The van der Waals surface area contributed by atoms with Crippen molar-refractivity contribution >= 4 is 0 Å². The van der Waals surface area contributed by atoms with E-state index in [2.05, 4.69) is 23.8 Å². The van der Waals surface area contributed by atoms with Crippen LogP contribution in [-0.4, -0.2) is 16.6 Å². The molecule has 0 N–H and O–H groups in total. The van der Waals surface area contributed by atoms with Crippen LogP contribution >= 0.6 is 0 Å². The fourth-order valence-electron chi connectivity index (χ4n) is 2.30. The summed E-state index contributed by atoms with van der Waals surface area (Å²) < 4.78 is 19.7. The number of unbranched alkanes of at least 4 members (excludes halogenated alkanes) is 3. The maximum Gasteiger partial charge on any atom is 0.219 e. The number of halogens is 1. The first-order chi connectivity index (χ1) is 11.2. The number of benzene rings is 1. The third kappa shape index (κ3) is 5.31. The van der Waals surface area contributed by atoms with Crippen molar-refractivity contribution in [1.29, 1.82) is 0 Å². The van der Waals surface area contributed by atoms with Gasteiger partial charge in [0, 0.05) is 17.3 Å². The van der Waals surface area contributed by atoms with Crippen LogP contribution in [0.25, 0.3) is 11.4 Å². The molecule has 4 heteroatoms. The van der Waals surface area contributed by atoms with Crippen LogP contribution in [0.2, 0.25) is 0 Å². The number of aromatic nitrogens is 2. The van der Waals surface area contributed by atoms with Crippen molar-refractivity contribution in [2.24, 2.45) is 0 Å². The SMILES string of the molecule is CCCCCOc1ccc(-c2ncc(CCCC)c(F)n2)cc1. The smallest absolute Gasteiger partial charge is 0.219 e. The Balaban J connectivity index is 2.00. The third-order valence-electron chi connectivity index (χ3n) is 3.74. The van der Waals surface area contributed by atoms with Gasteiger partial charge in [0.25, 0.3) is 0 Å². The van der Waals surface area contributed by atoms with Gasteiger partial charge in [-0.3, -0.25) is 0 Å². The first kappa shape index (κ1) is 17.4. The van der Waals surface area contributed by atoms with Crippen molar-refractivity contribution in [3.8, 4) is 17.1 Å². The second-order valence-electron chi connectivity index (χ2n) is 5.69. The molecule has 0 aliphatic heterocycles. The van der Waals surface area contributed by atoms with E-state index in [0.717, 1.165) is 37.2 Å². The average molecular weight is 316 g/mol. The third-order valence-corrected chi connectivity index (χ3v) is 3.74. The normalized spacial score (nSPS) is 10.7. The van der Waals surface area contributed by atoms with Gasteiger partial charge in [-0.05, 0) is 43.5 Å². The summed E-state index contributed by atoms with van der Waals surface area (Å²) in [4.78, 5) is 8.28. The van der Waals surface area contributed by atoms with E-state index in [9.17, 15) is 4.39 Å². The van der Waals surface area contributed by atoms with Crippen LogP contribution < -0.4 is 4.74 Å². The van der Waals surface area contributed by atoms with Gasteiger partial charge in [-0.15, -0.1) is 0 Å². The Bertz CT molecular complexity index is 599. The fourth-order valence-corrected chi connectivity index (χ4v) is 2.30. The highest BCUT2D eigenvalue weighted by atomic mass is 19.1. The molecule has 0 saturated heterocycles. The molecule has 0 saturated carbocycles. The molecule has 2 aromatic rings. The molecule has 0 unspecified atom stereocenters. The highest BCUT2D eigenvalue weighted by Crippen LogP contribution is 2.20.